The van der Waals surface area contributed by atoms with E-state index in [4.69, 9.17) is 11.6 Å². The zero-order valence-corrected chi connectivity index (χ0v) is 14.4. The van der Waals surface area contributed by atoms with Crippen molar-refractivity contribution >= 4 is 34.9 Å². The Bertz CT molecular complexity index is 949. The van der Waals surface area contributed by atoms with Gasteiger partial charge in [0.25, 0.3) is 5.91 Å². The highest BCUT2D eigenvalue weighted by molar-refractivity contribution is 6.30. The van der Waals surface area contributed by atoms with Crippen molar-refractivity contribution in [3.63, 3.8) is 0 Å². The highest BCUT2D eigenvalue weighted by Gasteiger charge is 2.43. The van der Waals surface area contributed by atoms with Crippen LogP contribution in [0, 0.1) is 0 Å². The lowest BCUT2D eigenvalue weighted by atomic mass is 9.96. The third kappa shape index (κ3) is 2.95. The summed E-state index contributed by atoms with van der Waals surface area (Å²) >= 11 is 5.91. The van der Waals surface area contributed by atoms with Crippen LogP contribution in [0.5, 0.6) is 0 Å². The molecule has 3 rings (SSSR count). The van der Waals surface area contributed by atoms with Crippen LogP contribution in [0.25, 0.3) is 0 Å². The van der Waals surface area contributed by atoms with Crippen molar-refractivity contribution in [2.45, 2.75) is 13.0 Å². The number of carboxylic acids is 1. The molecular weight excluding hydrogens is 358 g/mol. The molecule has 1 aliphatic rings. The largest absolute Gasteiger partial charge is 0.503 e. The summed E-state index contributed by atoms with van der Waals surface area (Å²) < 4.78 is 0. The standard InChI is InChI=1S/C19H14ClNO5/c1-10(22)15-16(11-5-7-13(20)8-6-11)21(18(24)17(15)23)14-4-2-3-12(9-14)19(25)26/h2-9,16,23H,1H3,(H,25,26)/t16-/m1/s1. The molecule has 0 aliphatic carbocycles. The van der Waals surface area contributed by atoms with Gasteiger partial charge < -0.3 is 10.2 Å². The van der Waals surface area contributed by atoms with Crippen molar-refractivity contribution in [3.05, 3.63) is 76.0 Å². The molecule has 1 amide bonds. The van der Waals surface area contributed by atoms with Crippen LogP contribution in [0.15, 0.2) is 59.9 Å². The molecule has 0 spiro atoms. The summed E-state index contributed by atoms with van der Waals surface area (Å²) in [6, 6.07) is 11.4. The number of benzene rings is 2. The van der Waals surface area contributed by atoms with Gasteiger partial charge >= 0.3 is 5.97 Å². The minimum Gasteiger partial charge on any atom is -0.503 e. The number of aromatic carboxylic acids is 1. The van der Waals surface area contributed by atoms with E-state index >= 15 is 0 Å². The third-order valence-electron chi connectivity index (χ3n) is 4.14. The van der Waals surface area contributed by atoms with Crippen LogP contribution in [0.1, 0.15) is 28.9 Å². The van der Waals surface area contributed by atoms with Crippen molar-refractivity contribution in [1.82, 2.24) is 0 Å². The molecule has 0 radical (unpaired) electrons. The Labute approximate surface area is 153 Å². The van der Waals surface area contributed by atoms with Crippen molar-refractivity contribution in [1.29, 1.82) is 0 Å². The second kappa shape index (κ2) is 6.65. The molecule has 0 saturated carbocycles. The number of Topliss-reactive ketones (excluding diaryl/α,β-unsaturated/α-hetero) is 1. The average molecular weight is 372 g/mol. The molecular formula is C19H14ClNO5. The maximum Gasteiger partial charge on any atom is 0.335 e. The molecule has 2 aromatic carbocycles. The molecule has 6 nitrogen and oxygen atoms in total. The molecule has 26 heavy (non-hydrogen) atoms. The van der Waals surface area contributed by atoms with E-state index in [1.54, 1.807) is 30.3 Å². The quantitative estimate of drug-likeness (QED) is 0.857. The van der Waals surface area contributed by atoms with Crippen LogP contribution in [0.4, 0.5) is 5.69 Å². The minimum absolute atomic E-state index is 0.0130. The van der Waals surface area contributed by atoms with Gasteiger partial charge in [-0.1, -0.05) is 29.8 Å². The van der Waals surface area contributed by atoms with Crippen molar-refractivity contribution < 1.29 is 24.6 Å². The number of nitrogens with zero attached hydrogens (tertiary/aromatic N) is 1. The monoisotopic (exact) mass is 371 g/mol. The number of carboxylic acid groups (broad SMARTS) is 1. The second-order valence-corrected chi connectivity index (χ2v) is 6.24. The number of aliphatic hydroxyl groups excluding tert-OH is 1. The number of halogens is 1. The van der Waals surface area contributed by atoms with Gasteiger partial charge in [0, 0.05) is 10.7 Å². The van der Waals surface area contributed by atoms with Gasteiger partial charge in [0.05, 0.1) is 17.2 Å². The van der Waals surface area contributed by atoms with Crippen molar-refractivity contribution in [2.24, 2.45) is 0 Å². The summed E-state index contributed by atoms with van der Waals surface area (Å²) in [6.45, 7) is 1.26. The van der Waals surface area contributed by atoms with Gasteiger partial charge in [-0.25, -0.2) is 4.79 Å². The van der Waals surface area contributed by atoms with Crippen LogP contribution in [-0.4, -0.2) is 27.9 Å². The van der Waals surface area contributed by atoms with E-state index in [1.807, 2.05) is 0 Å². The lowest BCUT2D eigenvalue weighted by Gasteiger charge is -2.27. The predicted octanol–water partition coefficient (Wildman–Crippen LogP) is 3.53. The fourth-order valence-corrected chi connectivity index (χ4v) is 3.11. The smallest absolute Gasteiger partial charge is 0.335 e. The number of carbonyl (C=O) groups is 3. The van der Waals surface area contributed by atoms with Gasteiger partial charge in [-0.2, -0.15) is 0 Å². The minimum atomic E-state index is -1.15. The molecule has 0 saturated heterocycles. The Kier molecular flexibility index (Phi) is 4.52. The zero-order valence-electron chi connectivity index (χ0n) is 13.6. The summed E-state index contributed by atoms with van der Waals surface area (Å²) in [5, 5.41) is 19.9. The van der Waals surface area contributed by atoms with Crippen LogP contribution in [0.3, 0.4) is 0 Å². The van der Waals surface area contributed by atoms with Crippen LogP contribution >= 0.6 is 11.6 Å². The molecule has 0 aromatic heterocycles. The number of anilines is 1. The Morgan fingerprint density at radius 3 is 2.35 bits per heavy atom. The first-order valence-electron chi connectivity index (χ1n) is 7.67. The Balaban J connectivity index is 2.18. The van der Waals surface area contributed by atoms with Crippen molar-refractivity contribution in [3.8, 4) is 0 Å². The molecule has 0 fully saturated rings. The molecule has 0 unspecified atom stereocenters. The van der Waals surface area contributed by atoms with Gasteiger partial charge in [-0.15, -0.1) is 0 Å². The summed E-state index contributed by atoms with van der Waals surface area (Å²) in [5.74, 6) is -3.01. The Hall–Kier alpha value is -3.12. The Morgan fingerprint density at radius 2 is 1.77 bits per heavy atom. The number of hydrogen-bond donors (Lipinski definition) is 2. The second-order valence-electron chi connectivity index (χ2n) is 5.80. The zero-order chi connectivity index (χ0) is 19.0. The van der Waals surface area contributed by atoms with Crippen molar-refractivity contribution in [2.75, 3.05) is 4.90 Å². The fraction of sp³-hybridized carbons (Fsp3) is 0.105. The number of carbonyl (C=O) groups excluding carboxylic acids is 2. The predicted molar refractivity (Wildman–Crippen MR) is 95.4 cm³/mol. The third-order valence-corrected chi connectivity index (χ3v) is 4.40. The maximum atomic E-state index is 12.6. The molecule has 1 aliphatic heterocycles. The molecule has 2 N–H and O–H groups in total. The average Bonchev–Trinajstić information content (AvgIpc) is 2.87. The van der Waals surface area contributed by atoms with Crippen LogP contribution in [-0.2, 0) is 9.59 Å². The number of ketones is 1. The molecule has 1 atom stereocenters. The SMILES string of the molecule is CC(=O)C1=C(O)C(=O)N(c2cccc(C(=O)O)c2)[C@@H]1c1ccc(Cl)cc1. The number of amides is 1. The highest BCUT2D eigenvalue weighted by atomic mass is 35.5. The van der Waals surface area contributed by atoms with Gasteiger partial charge in [0.2, 0.25) is 0 Å². The Morgan fingerprint density at radius 1 is 1.12 bits per heavy atom. The summed E-state index contributed by atoms with van der Waals surface area (Å²) in [6.07, 6.45) is 0. The van der Waals surface area contributed by atoms with E-state index in [9.17, 15) is 24.6 Å². The first kappa shape index (κ1) is 17.7. The lowest BCUT2D eigenvalue weighted by Crippen LogP contribution is -2.31. The molecule has 1 heterocycles. The molecule has 7 heteroatoms. The first-order chi connectivity index (χ1) is 12.3. The van der Waals surface area contributed by atoms with Gasteiger partial charge in [0.1, 0.15) is 0 Å². The van der Waals surface area contributed by atoms with Gasteiger partial charge in [0.15, 0.2) is 11.5 Å². The van der Waals surface area contributed by atoms with Gasteiger partial charge in [-0.3, -0.25) is 14.5 Å². The summed E-state index contributed by atoms with van der Waals surface area (Å²) in [4.78, 5) is 37.2. The number of rotatable bonds is 4. The highest BCUT2D eigenvalue weighted by Crippen LogP contribution is 2.41. The molecule has 2 aromatic rings. The number of aliphatic hydroxyl groups is 1. The van der Waals surface area contributed by atoms with E-state index in [1.165, 1.54) is 30.0 Å². The van der Waals surface area contributed by atoms with E-state index in [-0.39, 0.29) is 16.8 Å². The number of hydrogen-bond acceptors (Lipinski definition) is 4. The first-order valence-corrected chi connectivity index (χ1v) is 8.05. The lowest BCUT2D eigenvalue weighted by molar-refractivity contribution is -0.117. The fourth-order valence-electron chi connectivity index (χ4n) is 2.98. The summed E-state index contributed by atoms with van der Waals surface area (Å²) in [7, 11) is 0. The van der Waals surface area contributed by atoms with E-state index in [2.05, 4.69) is 0 Å². The van der Waals surface area contributed by atoms with E-state index in [0.717, 1.165) is 0 Å². The molecule has 0 bridgehead atoms. The summed E-state index contributed by atoms with van der Waals surface area (Å²) in [5.41, 5.74) is 0.773. The van der Waals surface area contributed by atoms with Crippen LogP contribution in [0.2, 0.25) is 5.02 Å². The topological polar surface area (TPSA) is 94.9 Å². The van der Waals surface area contributed by atoms with E-state index < -0.39 is 29.5 Å². The van der Waals surface area contributed by atoms with Crippen LogP contribution < -0.4 is 4.90 Å². The normalized spacial score (nSPS) is 16.9. The van der Waals surface area contributed by atoms with Gasteiger partial charge in [-0.05, 0) is 42.8 Å². The molecule has 132 valence electrons. The maximum absolute atomic E-state index is 12.6. The van der Waals surface area contributed by atoms with E-state index in [0.29, 0.717) is 10.6 Å².